The van der Waals surface area contributed by atoms with Crippen LogP contribution >= 0.6 is 0 Å². The summed E-state index contributed by atoms with van der Waals surface area (Å²) in [6, 6.07) is 3.74. The second-order valence-corrected chi connectivity index (χ2v) is 8.81. The normalized spacial score (nSPS) is 27.1. The Bertz CT molecular complexity index is 731. The van der Waals surface area contributed by atoms with Crippen molar-refractivity contribution in [2.45, 2.75) is 51.2 Å². The van der Waals surface area contributed by atoms with Gasteiger partial charge in [0.15, 0.2) is 0 Å². The Morgan fingerprint density at radius 2 is 1.76 bits per heavy atom. The SMILES string of the molecule is CC1(C(=O)N2CCOC3(CN(C(=O)Cc4cccnc4)CCO3)C2)CCCCC1. The van der Waals surface area contributed by atoms with E-state index in [9.17, 15) is 9.59 Å². The predicted molar refractivity (Wildman–Crippen MR) is 107 cm³/mol. The average Bonchev–Trinajstić information content (AvgIpc) is 2.74. The summed E-state index contributed by atoms with van der Waals surface area (Å²) in [5.41, 5.74) is 0.617. The van der Waals surface area contributed by atoms with Gasteiger partial charge >= 0.3 is 0 Å². The molecular weight excluding hydrogens is 370 g/mol. The number of aromatic nitrogens is 1. The van der Waals surface area contributed by atoms with E-state index in [1.54, 1.807) is 17.3 Å². The maximum atomic E-state index is 13.3. The Labute approximate surface area is 172 Å². The van der Waals surface area contributed by atoms with E-state index in [4.69, 9.17) is 9.47 Å². The molecule has 3 aliphatic rings. The highest BCUT2D eigenvalue weighted by molar-refractivity contribution is 5.82. The first-order valence-corrected chi connectivity index (χ1v) is 10.7. The number of rotatable bonds is 3. The highest BCUT2D eigenvalue weighted by atomic mass is 16.7. The van der Waals surface area contributed by atoms with Gasteiger partial charge in [-0.15, -0.1) is 0 Å². The predicted octanol–water partition coefficient (Wildman–Crippen LogP) is 2.01. The van der Waals surface area contributed by atoms with E-state index >= 15 is 0 Å². The Balaban J connectivity index is 1.41. The van der Waals surface area contributed by atoms with Gasteiger partial charge < -0.3 is 19.3 Å². The van der Waals surface area contributed by atoms with Crippen LogP contribution in [0.15, 0.2) is 24.5 Å². The third-order valence-electron chi connectivity index (χ3n) is 6.51. The third-order valence-corrected chi connectivity index (χ3v) is 6.51. The van der Waals surface area contributed by atoms with E-state index in [1.807, 2.05) is 17.0 Å². The van der Waals surface area contributed by atoms with Crippen molar-refractivity contribution in [2.75, 3.05) is 39.4 Å². The van der Waals surface area contributed by atoms with E-state index in [0.717, 1.165) is 31.2 Å². The molecule has 1 aliphatic carbocycles. The van der Waals surface area contributed by atoms with Gasteiger partial charge in [0.2, 0.25) is 17.6 Å². The molecule has 2 amide bonds. The summed E-state index contributed by atoms with van der Waals surface area (Å²) in [6.07, 6.45) is 9.08. The minimum atomic E-state index is -0.915. The van der Waals surface area contributed by atoms with E-state index in [0.29, 0.717) is 45.8 Å². The van der Waals surface area contributed by atoms with E-state index in [-0.39, 0.29) is 17.2 Å². The molecule has 2 aliphatic heterocycles. The molecule has 0 radical (unpaired) electrons. The Morgan fingerprint density at radius 1 is 1.07 bits per heavy atom. The lowest BCUT2D eigenvalue weighted by Gasteiger charge is -2.49. The van der Waals surface area contributed by atoms with Crippen molar-refractivity contribution in [2.24, 2.45) is 5.41 Å². The Kier molecular flexibility index (Phi) is 5.88. The molecule has 1 unspecified atom stereocenters. The van der Waals surface area contributed by atoms with Crippen molar-refractivity contribution in [3.8, 4) is 0 Å². The second-order valence-electron chi connectivity index (χ2n) is 8.81. The smallest absolute Gasteiger partial charge is 0.228 e. The number of hydrogen-bond acceptors (Lipinski definition) is 5. The molecule has 2 saturated heterocycles. The van der Waals surface area contributed by atoms with Crippen LogP contribution in [0.2, 0.25) is 0 Å². The fraction of sp³-hybridized carbons (Fsp3) is 0.682. The first kappa shape index (κ1) is 20.3. The van der Waals surface area contributed by atoms with E-state index in [1.165, 1.54) is 6.42 Å². The molecule has 4 rings (SSSR count). The van der Waals surface area contributed by atoms with Crippen LogP contribution in [-0.2, 0) is 25.5 Å². The van der Waals surface area contributed by atoms with Crippen molar-refractivity contribution < 1.29 is 19.1 Å². The van der Waals surface area contributed by atoms with Gasteiger partial charge in [0.05, 0.1) is 32.7 Å². The van der Waals surface area contributed by atoms with Crippen molar-refractivity contribution in [3.05, 3.63) is 30.1 Å². The molecule has 0 aromatic carbocycles. The maximum Gasteiger partial charge on any atom is 0.228 e. The first-order chi connectivity index (χ1) is 14.0. The molecule has 29 heavy (non-hydrogen) atoms. The monoisotopic (exact) mass is 401 g/mol. The van der Waals surface area contributed by atoms with Crippen LogP contribution in [0.4, 0.5) is 0 Å². The zero-order chi connectivity index (χ0) is 20.3. The second kappa shape index (κ2) is 8.40. The molecule has 7 heteroatoms. The van der Waals surface area contributed by atoms with Crippen molar-refractivity contribution in [3.63, 3.8) is 0 Å². The van der Waals surface area contributed by atoms with Crippen LogP contribution in [0.3, 0.4) is 0 Å². The Morgan fingerprint density at radius 3 is 2.45 bits per heavy atom. The highest BCUT2D eigenvalue weighted by Crippen LogP contribution is 2.38. The quantitative estimate of drug-likeness (QED) is 0.775. The summed E-state index contributed by atoms with van der Waals surface area (Å²) in [5, 5.41) is 0. The van der Waals surface area contributed by atoms with Gasteiger partial charge in [-0.05, 0) is 24.5 Å². The van der Waals surface area contributed by atoms with Crippen LogP contribution in [0.25, 0.3) is 0 Å². The molecular formula is C22H31N3O4. The number of ether oxygens (including phenoxy) is 2. The van der Waals surface area contributed by atoms with Gasteiger partial charge in [-0.2, -0.15) is 0 Å². The molecule has 0 bridgehead atoms. The average molecular weight is 402 g/mol. The number of pyridine rings is 1. The molecule has 158 valence electrons. The van der Waals surface area contributed by atoms with Crippen LogP contribution in [-0.4, -0.2) is 71.8 Å². The molecule has 3 fully saturated rings. The standard InChI is InChI=1S/C22H31N3O4/c1-21(7-3-2-4-8-21)20(27)25-11-13-29-22(17-25)16-24(10-12-28-22)19(26)14-18-6-5-9-23-15-18/h5-6,9,15H,2-4,7-8,10-14,16-17H2,1H3. The van der Waals surface area contributed by atoms with Gasteiger partial charge in [-0.1, -0.05) is 32.3 Å². The van der Waals surface area contributed by atoms with Crippen LogP contribution in [0.5, 0.6) is 0 Å². The topological polar surface area (TPSA) is 72.0 Å². The van der Waals surface area contributed by atoms with Gasteiger partial charge in [0.1, 0.15) is 0 Å². The molecule has 7 nitrogen and oxygen atoms in total. The van der Waals surface area contributed by atoms with Gasteiger partial charge in [0.25, 0.3) is 0 Å². The van der Waals surface area contributed by atoms with Crippen LogP contribution in [0.1, 0.15) is 44.6 Å². The molecule has 1 aromatic rings. The lowest BCUT2D eigenvalue weighted by molar-refractivity contribution is -0.288. The van der Waals surface area contributed by atoms with E-state index in [2.05, 4.69) is 11.9 Å². The molecule has 0 N–H and O–H groups in total. The number of nitrogens with zero attached hydrogens (tertiary/aromatic N) is 3. The number of morpholine rings is 2. The molecule has 1 aromatic heterocycles. The van der Waals surface area contributed by atoms with Crippen molar-refractivity contribution in [1.29, 1.82) is 0 Å². The molecule has 1 saturated carbocycles. The largest absolute Gasteiger partial charge is 0.345 e. The summed E-state index contributed by atoms with van der Waals surface area (Å²) in [4.78, 5) is 33.9. The minimum Gasteiger partial charge on any atom is -0.345 e. The minimum absolute atomic E-state index is 0.0342. The number of carbonyl (C=O) groups excluding carboxylic acids is 2. The van der Waals surface area contributed by atoms with Gasteiger partial charge in [0, 0.05) is 30.9 Å². The first-order valence-electron chi connectivity index (χ1n) is 10.7. The number of carbonyl (C=O) groups is 2. The summed E-state index contributed by atoms with van der Waals surface area (Å²) in [5.74, 6) is -0.670. The van der Waals surface area contributed by atoms with Gasteiger partial charge in [-0.25, -0.2) is 0 Å². The van der Waals surface area contributed by atoms with E-state index < -0.39 is 5.79 Å². The molecule has 1 atom stereocenters. The lowest BCUT2D eigenvalue weighted by Crippen LogP contribution is -2.65. The van der Waals surface area contributed by atoms with Crippen LogP contribution in [0, 0.1) is 5.41 Å². The van der Waals surface area contributed by atoms with Crippen molar-refractivity contribution >= 4 is 11.8 Å². The fourth-order valence-electron chi connectivity index (χ4n) is 4.80. The van der Waals surface area contributed by atoms with Gasteiger partial charge in [-0.3, -0.25) is 14.6 Å². The molecule has 1 spiro atoms. The molecule has 3 heterocycles. The summed E-state index contributed by atoms with van der Waals surface area (Å²) >= 11 is 0. The Hall–Kier alpha value is -1.99. The third kappa shape index (κ3) is 4.46. The summed E-state index contributed by atoms with van der Waals surface area (Å²) in [7, 11) is 0. The maximum absolute atomic E-state index is 13.3. The number of amides is 2. The lowest BCUT2D eigenvalue weighted by atomic mass is 9.74. The fourth-order valence-corrected chi connectivity index (χ4v) is 4.80. The van der Waals surface area contributed by atoms with Crippen molar-refractivity contribution in [1.82, 2.24) is 14.8 Å². The zero-order valence-electron chi connectivity index (χ0n) is 17.3. The zero-order valence-corrected chi connectivity index (χ0v) is 17.3. The number of hydrogen-bond donors (Lipinski definition) is 0. The van der Waals surface area contributed by atoms with Crippen LogP contribution < -0.4 is 0 Å². The highest BCUT2D eigenvalue weighted by Gasteiger charge is 2.47. The summed E-state index contributed by atoms with van der Waals surface area (Å²) < 4.78 is 12.0. The summed E-state index contributed by atoms with van der Waals surface area (Å²) in [6.45, 7) is 4.82.